The van der Waals surface area contributed by atoms with Gasteiger partial charge in [0.1, 0.15) is 6.10 Å². The summed E-state index contributed by atoms with van der Waals surface area (Å²) in [6.07, 6.45) is 4.06. The van der Waals surface area contributed by atoms with Gasteiger partial charge < -0.3 is 14.2 Å². The summed E-state index contributed by atoms with van der Waals surface area (Å²) in [6, 6.07) is 12.2. The maximum Gasteiger partial charge on any atom is 0.338 e. The molecular weight excluding hydrogens is 368 g/mol. The molecule has 0 spiro atoms. The molecule has 2 heterocycles. The summed E-state index contributed by atoms with van der Waals surface area (Å²) in [7, 11) is 1.40. The highest BCUT2D eigenvalue weighted by Gasteiger charge is 2.48. The number of esters is 1. The Hall–Kier alpha value is -1.50. The highest BCUT2D eigenvalue weighted by atomic mass is 32.2. The van der Waals surface area contributed by atoms with Gasteiger partial charge in [-0.3, -0.25) is 0 Å². The maximum atomic E-state index is 11.6. The van der Waals surface area contributed by atoms with Crippen molar-refractivity contribution in [2.24, 2.45) is 0 Å². The van der Waals surface area contributed by atoms with Gasteiger partial charge in [0.15, 0.2) is 11.2 Å². The Bertz CT molecular complexity index is 687. The molecule has 1 aromatic carbocycles. The van der Waals surface area contributed by atoms with Crippen LogP contribution in [-0.4, -0.2) is 31.5 Å². The van der Waals surface area contributed by atoms with Crippen molar-refractivity contribution in [3.05, 3.63) is 47.3 Å². The zero-order valence-electron chi connectivity index (χ0n) is 14.9. The number of thioether (sulfide) groups is 1. The van der Waals surface area contributed by atoms with Gasteiger partial charge in [-0.05, 0) is 47.7 Å². The molecule has 2 aromatic rings. The third-order valence-electron chi connectivity index (χ3n) is 4.19. The van der Waals surface area contributed by atoms with E-state index in [1.54, 1.807) is 11.3 Å². The van der Waals surface area contributed by atoms with Crippen LogP contribution in [0, 0.1) is 0 Å². The molecule has 0 radical (unpaired) electrons. The van der Waals surface area contributed by atoms with Crippen LogP contribution in [0.5, 0.6) is 5.06 Å². The average molecular weight is 393 g/mol. The fourth-order valence-electron chi connectivity index (χ4n) is 2.75. The first kappa shape index (κ1) is 19.3. The lowest BCUT2D eigenvalue weighted by molar-refractivity contribution is -0.142. The molecule has 1 saturated heterocycles. The van der Waals surface area contributed by atoms with Gasteiger partial charge in [-0.15, -0.1) is 23.1 Å². The molecule has 140 valence electrons. The van der Waals surface area contributed by atoms with Gasteiger partial charge in [0.25, 0.3) is 0 Å². The number of carbonyl (C=O) groups is 1. The topological polar surface area (TPSA) is 48.1 Å². The lowest BCUT2D eigenvalue weighted by Crippen LogP contribution is -2.09. The molecule has 0 saturated carbocycles. The van der Waals surface area contributed by atoms with Crippen LogP contribution in [0.3, 0.4) is 0 Å². The minimum atomic E-state index is -0.440. The number of thiophene rings is 1. The van der Waals surface area contributed by atoms with E-state index in [0.717, 1.165) is 29.4 Å². The molecule has 1 aliphatic rings. The van der Waals surface area contributed by atoms with E-state index in [1.807, 2.05) is 47.5 Å². The van der Waals surface area contributed by atoms with E-state index < -0.39 is 6.10 Å². The van der Waals surface area contributed by atoms with Gasteiger partial charge in [0.05, 0.1) is 13.7 Å². The molecule has 2 atom stereocenters. The van der Waals surface area contributed by atoms with E-state index in [1.165, 1.54) is 31.3 Å². The fourth-order valence-corrected chi connectivity index (χ4v) is 4.44. The largest absolute Gasteiger partial charge is 0.484 e. The number of methoxy groups -OCH3 is 1. The number of rotatable bonds is 11. The highest BCUT2D eigenvalue weighted by Crippen LogP contribution is 2.43. The van der Waals surface area contributed by atoms with Crippen LogP contribution in [0.1, 0.15) is 37.4 Å². The van der Waals surface area contributed by atoms with Crippen molar-refractivity contribution < 1.29 is 19.0 Å². The predicted molar refractivity (Wildman–Crippen MR) is 105 cm³/mol. The quantitative estimate of drug-likeness (QED) is 0.231. The van der Waals surface area contributed by atoms with Crippen molar-refractivity contribution >= 4 is 29.1 Å². The van der Waals surface area contributed by atoms with Gasteiger partial charge in [0.2, 0.25) is 0 Å². The summed E-state index contributed by atoms with van der Waals surface area (Å²) in [6.45, 7) is 0.796. The summed E-state index contributed by atoms with van der Waals surface area (Å²) in [4.78, 5) is 12.8. The first-order valence-corrected chi connectivity index (χ1v) is 10.8. The van der Waals surface area contributed by atoms with Crippen LogP contribution in [0.25, 0.3) is 0 Å². The summed E-state index contributed by atoms with van der Waals surface area (Å²) >= 11 is 3.48. The average Bonchev–Trinajstić information content (AvgIpc) is 3.30. The van der Waals surface area contributed by atoms with Crippen molar-refractivity contribution in [1.82, 2.24) is 0 Å². The second-order valence-corrected chi connectivity index (χ2v) is 8.13. The van der Waals surface area contributed by atoms with E-state index in [2.05, 4.69) is 6.07 Å². The molecule has 0 amide bonds. The Morgan fingerprint density at radius 3 is 2.81 bits per heavy atom. The standard InChI is InChI=1S/C20H24O4S2/c1-22-20(21)19-18(24-19)15-9-4-5-10-16(15)25-13-7-3-2-6-12-23-17-11-8-14-26-17/h4-5,8-11,14,18-19H,2-3,6-7,12-13H2,1H3. The first-order chi connectivity index (χ1) is 12.8. The molecule has 2 unspecified atom stereocenters. The maximum absolute atomic E-state index is 11.6. The number of carbonyl (C=O) groups excluding carboxylic acids is 1. The van der Waals surface area contributed by atoms with E-state index in [-0.39, 0.29) is 12.1 Å². The molecule has 6 heteroatoms. The number of hydrogen-bond donors (Lipinski definition) is 0. The second-order valence-electron chi connectivity index (χ2n) is 6.08. The Morgan fingerprint density at radius 1 is 1.15 bits per heavy atom. The van der Waals surface area contributed by atoms with Gasteiger partial charge >= 0.3 is 5.97 Å². The Morgan fingerprint density at radius 2 is 2.00 bits per heavy atom. The first-order valence-electron chi connectivity index (χ1n) is 8.91. The summed E-state index contributed by atoms with van der Waals surface area (Å²) < 4.78 is 15.9. The minimum absolute atomic E-state index is 0.152. The number of benzene rings is 1. The molecule has 0 bridgehead atoms. The monoisotopic (exact) mass is 392 g/mol. The Kier molecular flexibility index (Phi) is 7.41. The molecule has 1 fully saturated rings. The molecule has 0 N–H and O–H groups in total. The summed E-state index contributed by atoms with van der Waals surface area (Å²) in [5.41, 5.74) is 1.09. The van der Waals surface area contributed by atoms with Crippen molar-refractivity contribution in [3.8, 4) is 5.06 Å². The van der Waals surface area contributed by atoms with Gasteiger partial charge in [0, 0.05) is 4.90 Å². The van der Waals surface area contributed by atoms with E-state index in [4.69, 9.17) is 14.2 Å². The zero-order chi connectivity index (χ0) is 18.2. The van der Waals surface area contributed by atoms with Crippen molar-refractivity contribution in [2.75, 3.05) is 19.5 Å². The number of hydrogen-bond acceptors (Lipinski definition) is 6. The minimum Gasteiger partial charge on any atom is -0.484 e. The Labute approximate surface area is 162 Å². The van der Waals surface area contributed by atoms with Gasteiger partial charge in [-0.25, -0.2) is 4.79 Å². The summed E-state index contributed by atoms with van der Waals surface area (Å²) in [5.74, 6) is 0.776. The molecule has 4 nitrogen and oxygen atoms in total. The van der Waals surface area contributed by atoms with Crippen LogP contribution in [0.4, 0.5) is 0 Å². The molecule has 1 aromatic heterocycles. The van der Waals surface area contributed by atoms with Crippen LogP contribution >= 0.6 is 23.1 Å². The molecule has 3 rings (SSSR count). The number of unbranched alkanes of at least 4 members (excludes halogenated alkanes) is 3. The molecule has 1 aliphatic heterocycles. The third-order valence-corrected chi connectivity index (χ3v) is 6.14. The molecular formula is C20H24O4S2. The SMILES string of the molecule is COC(=O)C1OC1c1ccccc1SCCCCCCOc1cccs1. The van der Waals surface area contributed by atoms with E-state index in [9.17, 15) is 4.79 Å². The van der Waals surface area contributed by atoms with Crippen molar-refractivity contribution in [3.63, 3.8) is 0 Å². The molecule has 0 aliphatic carbocycles. The predicted octanol–water partition coefficient (Wildman–Crippen LogP) is 5.09. The van der Waals surface area contributed by atoms with Crippen molar-refractivity contribution in [2.45, 2.75) is 42.8 Å². The zero-order valence-corrected chi connectivity index (χ0v) is 16.5. The van der Waals surface area contributed by atoms with Crippen LogP contribution in [-0.2, 0) is 14.3 Å². The summed E-state index contributed by atoms with van der Waals surface area (Å²) in [5, 5.41) is 3.04. The second kappa shape index (κ2) is 10.00. The smallest absolute Gasteiger partial charge is 0.338 e. The van der Waals surface area contributed by atoms with Gasteiger partial charge in [-0.1, -0.05) is 31.0 Å². The van der Waals surface area contributed by atoms with Crippen LogP contribution in [0.2, 0.25) is 0 Å². The molecule has 26 heavy (non-hydrogen) atoms. The van der Waals surface area contributed by atoms with E-state index in [0.29, 0.717) is 0 Å². The van der Waals surface area contributed by atoms with Crippen LogP contribution in [0.15, 0.2) is 46.7 Å². The highest BCUT2D eigenvalue weighted by molar-refractivity contribution is 7.99. The number of epoxide rings is 1. The van der Waals surface area contributed by atoms with Gasteiger partial charge in [-0.2, -0.15) is 0 Å². The van der Waals surface area contributed by atoms with Crippen LogP contribution < -0.4 is 4.74 Å². The van der Waals surface area contributed by atoms with Crippen molar-refractivity contribution in [1.29, 1.82) is 0 Å². The number of ether oxygens (including phenoxy) is 3. The fraction of sp³-hybridized carbons (Fsp3) is 0.450. The lowest BCUT2D eigenvalue weighted by Gasteiger charge is -2.07. The van der Waals surface area contributed by atoms with E-state index >= 15 is 0 Å². The Balaban J connectivity index is 1.32. The third kappa shape index (κ3) is 5.50. The lowest BCUT2D eigenvalue weighted by atomic mass is 10.1. The normalized spacial score (nSPS) is 18.5.